The van der Waals surface area contributed by atoms with Crippen molar-refractivity contribution in [3.05, 3.63) is 35.0 Å². The highest BCUT2D eigenvalue weighted by Crippen LogP contribution is 2.44. The summed E-state index contributed by atoms with van der Waals surface area (Å²) in [6.45, 7) is 0.815. The molecule has 2 heterocycles. The van der Waals surface area contributed by atoms with Crippen LogP contribution in [0.2, 0.25) is 0 Å². The zero-order chi connectivity index (χ0) is 19.3. The lowest BCUT2D eigenvalue weighted by atomic mass is 9.97. The fourth-order valence-electron chi connectivity index (χ4n) is 4.08. The number of methoxy groups -OCH3 is 1. The second-order valence-corrected chi connectivity index (χ2v) is 7.38. The number of benzene rings is 1. The van der Waals surface area contributed by atoms with Crippen molar-refractivity contribution in [2.45, 2.75) is 37.5 Å². The maximum atomic E-state index is 15.5. The normalized spacial score (nSPS) is 24.8. The largest absolute Gasteiger partial charge is 0.478 e. The van der Waals surface area contributed by atoms with Gasteiger partial charge in [-0.25, -0.2) is 13.6 Å². The Bertz CT molecular complexity index is 798. The van der Waals surface area contributed by atoms with E-state index in [2.05, 4.69) is 5.32 Å². The zero-order valence-electron chi connectivity index (χ0n) is 15.3. The van der Waals surface area contributed by atoms with Gasteiger partial charge in [0, 0.05) is 38.9 Å². The molecule has 146 valence electrons. The molecule has 1 saturated carbocycles. The number of carboxylic acids is 1. The molecule has 6 nitrogen and oxygen atoms in total. The van der Waals surface area contributed by atoms with Crippen molar-refractivity contribution in [1.29, 1.82) is 0 Å². The van der Waals surface area contributed by atoms with Crippen molar-refractivity contribution in [3.8, 4) is 0 Å². The van der Waals surface area contributed by atoms with Crippen LogP contribution in [0.15, 0.2) is 17.8 Å². The third-order valence-corrected chi connectivity index (χ3v) is 5.65. The molecule has 0 radical (unpaired) electrons. The van der Waals surface area contributed by atoms with Crippen LogP contribution in [-0.2, 0) is 16.0 Å². The van der Waals surface area contributed by atoms with Crippen molar-refractivity contribution in [3.63, 3.8) is 0 Å². The zero-order valence-corrected chi connectivity index (χ0v) is 15.3. The molecule has 2 N–H and O–H groups in total. The number of rotatable bonds is 5. The molecule has 1 aliphatic carbocycles. The van der Waals surface area contributed by atoms with Gasteiger partial charge in [-0.2, -0.15) is 0 Å². The first-order chi connectivity index (χ1) is 12.9. The lowest BCUT2D eigenvalue weighted by molar-refractivity contribution is -0.132. The van der Waals surface area contributed by atoms with Crippen molar-refractivity contribution in [2.24, 2.45) is 0 Å². The number of halogens is 2. The molecule has 0 aromatic heterocycles. The standard InChI is InChI=1S/C19H23F2N3O3/c1-22-14-8-23(9-15(14)27-2)18-13(20)6-10-5-11(19(25)26)7-24(12-3-4-12)17(10)16(18)21/h6-7,12,14-15,22H,3-5,8-9H2,1-2H3,(H,25,26)/t14-,15+/m1/s1. The van der Waals surface area contributed by atoms with Gasteiger partial charge in [0.15, 0.2) is 5.82 Å². The van der Waals surface area contributed by atoms with Crippen molar-refractivity contribution >= 4 is 17.3 Å². The quantitative estimate of drug-likeness (QED) is 0.815. The van der Waals surface area contributed by atoms with Crippen molar-refractivity contribution < 1.29 is 23.4 Å². The molecule has 3 aliphatic rings. The summed E-state index contributed by atoms with van der Waals surface area (Å²) in [5.74, 6) is -2.35. The molecule has 0 spiro atoms. The predicted octanol–water partition coefficient (Wildman–Crippen LogP) is 1.88. The third kappa shape index (κ3) is 3.06. The first-order valence-corrected chi connectivity index (χ1v) is 9.12. The second kappa shape index (κ2) is 6.76. The number of ether oxygens (including phenoxy) is 1. The summed E-state index contributed by atoms with van der Waals surface area (Å²) in [5.41, 5.74) is 0.775. The van der Waals surface area contributed by atoms with Gasteiger partial charge in [-0.15, -0.1) is 0 Å². The fraction of sp³-hybridized carbons (Fsp3) is 0.526. The fourth-order valence-corrected chi connectivity index (χ4v) is 4.08. The molecule has 4 rings (SSSR count). The Labute approximate surface area is 156 Å². The number of fused-ring (bicyclic) bond motifs is 1. The van der Waals surface area contributed by atoms with E-state index in [1.165, 1.54) is 12.3 Å². The number of hydrogen-bond acceptors (Lipinski definition) is 5. The summed E-state index contributed by atoms with van der Waals surface area (Å²) in [5, 5.41) is 12.5. The van der Waals surface area contributed by atoms with E-state index in [1.54, 1.807) is 24.0 Å². The Morgan fingerprint density at radius 2 is 2.04 bits per heavy atom. The Kier molecular flexibility index (Phi) is 4.55. The smallest absolute Gasteiger partial charge is 0.333 e. The van der Waals surface area contributed by atoms with E-state index in [1.807, 2.05) is 0 Å². The first kappa shape index (κ1) is 18.2. The minimum Gasteiger partial charge on any atom is -0.478 e. The highest BCUT2D eigenvalue weighted by Gasteiger charge is 2.39. The van der Waals surface area contributed by atoms with Crippen molar-refractivity contribution in [1.82, 2.24) is 5.32 Å². The number of nitrogens with one attached hydrogen (secondary N) is 1. The van der Waals surface area contributed by atoms with Gasteiger partial charge in [-0.3, -0.25) is 0 Å². The number of nitrogens with zero attached hydrogens (tertiary/aromatic N) is 2. The van der Waals surface area contributed by atoms with Crippen LogP contribution in [0.25, 0.3) is 0 Å². The molecule has 0 bridgehead atoms. The second-order valence-electron chi connectivity index (χ2n) is 7.38. The average molecular weight is 379 g/mol. The third-order valence-electron chi connectivity index (χ3n) is 5.65. The number of anilines is 2. The van der Waals surface area contributed by atoms with Gasteiger partial charge in [-0.05, 0) is 31.5 Å². The molecule has 27 heavy (non-hydrogen) atoms. The number of likely N-dealkylation sites (N-methyl/N-ethyl adjacent to an activating group) is 1. The van der Waals surface area contributed by atoms with Gasteiger partial charge in [0.05, 0.1) is 23.4 Å². The van der Waals surface area contributed by atoms with E-state index >= 15 is 4.39 Å². The Morgan fingerprint density at radius 3 is 2.59 bits per heavy atom. The summed E-state index contributed by atoms with van der Waals surface area (Å²) in [6.07, 6.45) is 3.09. The minimum absolute atomic E-state index is 0.0157. The van der Waals surface area contributed by atoms with Gasteiger partial charge < -0.3 is 25.0 Å². The molecule has 2 atom stereocenters. The summed E-state index contributed by atoms with van der Waals surface area (Å²) in [4.78, 5) is 14.8. The highest BCUT2D eigenvalue weighted by atomic mass is 19.1. The number of hydrogen-bond donors (Lipinski definition) is 2. The van der Waals surface area contributed by atoms with Crippen LogP contribution in [0.4, 0.5) is 20.2 Å². The summed E-state index contributed by atoms with van der Waals surface area (Å²) in [6, 6.07) is 1.33. The van der Waals surface area contributed by atoms with Crippen LogP contribution >= 0.6 is 0 Å². The minimum atomic E-state index is -1.06. The Hall–Kier alpha value is -2.19. The van der Waals surface area contributed by atoms with E-state index in [-0.39, 0.29) is 35.9 Å². The Morgan fingerprint density at radius 1 is 1.30 bits per heavy atom. The van der Waals surface area contributed by atoms with Crippen LogP contribution in [0.1, 0.15) is 18.4 Å². The molecule has 0 amide bonds. The van der Waals surface area contributed by atoms with Crippen LogP contribution in [0.5, 0.6) is 0 Å². The number of carboxylic acid groups (broad SMARTS) is 1. The number of aliphatic carboxylic acids is 1. The van der Waals surface area contributed by atoms with E-state index < -0.39 is 17.6 Å². The highest BCUT2D eigenvalue weighted by molar-refractivity contribution is 5.90. The lowest BCUT2D eigenvalue weighted by Crippen LogP contribution is -2.37. The Balaban J connectivity index is 1.76. The monoisotopic (exact) mass is 379 g/mol. The summed E-state index contributed by atoms with van der Waals surface area (Å²) in [7, 11) is 3.39. The van der Waals surface area contributed by atoms with Gasteiger partial charge >= 0.3 is 5.97 Å². The van der Waals surface area contributed by atoms with E-state index in [9.17, 15) is 14.3 Å². The molecule has 1 aromatic carbocycles. The van der Waals surface area contributed by atoms with Crippen molar-refractivity contribution in [2.75, 3.05) is 37.0 Å². The van der Waals surface area contributed by atoms with E-state index in [0.717, 1.165) is 12.8 Å². The molecule has 8 heteroatoms. The maximum Gasteiger partial charge on any atom is 0.333 e. The van der Waals surface area contributed by atoms with Gasteiger partial charge in [0.1, 0.15) is 11.5 Å². The van der Waals surface area contributed by atoms with Gasteiger partial charge in [0.25, 0.3) is 0 Å². The maximum absolute atomic E-state index is 15.5. The lowest BCUT2D eigenvalue weighted by Gasteiger charge is -2.31. The molecule has 0 unspecified atom stereocenters. The molecule has 1 aromatic rings. The van der Waals surface area contributed by atoms with Crippen LogP contribution < -0.4 is 15.1 Å². The average Bonchev–Trinajstić information content (AvgIpc) is 3.40. The first-order valence-electron chi connectivity index (χ1n) is 9.12. The van der Waals surface area contributed by atoms with Crippen LogP contribution in [0, 0.1) is 11.6 Å². The SMILES string of the molecule is CN[C@@H]1CN(c2c(F)cc3c(c2F)N(C2CC2)C=C(C(=O)O)C3)C[C@@H]1OC. The summed E-state index contributed by atoms with van der Waals surface area (Å²) < 4.78 is 35.9. The molecule has 2 fully saturated rings. The number of carbonyl (C=O) groups is 1. The van der Waals surface area contributed by atoms with Crippen LogP contribution in [0.3, 0.4) is 0 Å². The van der Waals surface area contributed by atoms with Gasteiger partial charge in [-0.1, -0.05) is 0 Å². The van der Waals surface area contributed by atoms with Gasteiger partial charge in [0.2, 0.25) is 0 Å². The van der Waals surface area contributed by atoms with E-state index in [4.69, 9.17) is 4.74 Å². The molecular weight excluding hydrogens is 356 g/mol. The van der Waals surface area contributed by atoms with Crippen LogP contribution in [-0.4, -0.2) is 56.5 Å². The predicted molar refractivity (Wildman–Crippen MR) is 97.1 cm³/mol. The molecule has 2 aliphatic heterocycles. The molecular formula is C19H23F2N3O3. The molecule has 1 saturated heterocycles. The summed E-state index contributed by atoms with van der Waals surface area (Å²) >= 11 is 0. The topological polar surface area (TPSA) is 65.0 Å². The van der Waals surface area contributed by atoms with E-state index in [0.29, 0.717) is 24.3 Å².